The van der Waals surface area contributed by atoms with Crippen molar-refractivity contribution in [1.29, 1.82) is 0 Å². The molecule has 4 aromatic rings. The van der Waals surface area contributed by atoms with Crippen molar-refractivity contribution in [2.24, 2.45) is 0 Å². The van der Waals surface area contributed by atoms with Crippen LogP contribution in [-0.2, 0) is 0 Å². The quantitative estimate of drug-likeness (QED) is 0.532. The van der Waals surface area contributed by atoms with Crippen molar-refractivity contribution in [2.75, 3.05) is 0 Å². The number of pyridine rings is 1. The summed E-state index contributed by atoms with van der Waals surface area (Å²) < 4.78 is 6.61. The van der Waals surface area contributed by atoms with Crippen molar-refractivity contribution in [3.05, 3.63) is 72.1 Å². The van der Waals surface area contributed by atoms with Crippen LogP contribution in [-0.4, -0.2) is 16.0 Å². The molecule has 27 heavy (non-hydrogen) atoms. The monoisotopic (exact) mass is 375 g/mol. The molecule has 2 aromatic heterocycles. The standard InChI is InChI=1S/C21H15N2O3S/c1-12-20-16(19(24)18(23-12)21(22)25)11-17(27-20)13-7-9-15(10-8-13)26-14-5-3-2-4-6-14/h2-11,22,24H,1H3. The Morgan fingerprint density at radius 2 is 1.74 bits per heavy atom. The minimum atomic E-state index is -0.993. The number of carbonyl (C=O) groups excluding carboxylic acids is 1. The molecule has 0 aliphatic heterocycles. The topological polar surface area (TPSA) is 83.2 Å². The van der Waals surface area contributed by atoms with Crippen LogP contribution in [0.25, 0.3) is 20.5 Å². The van der Waals surface area contributed by atoms with Gasteiger partial charge in [0.15, 0.2) is 11.4 Å². The van der Waals surface area contributed by atoms with Crippen molar-refractivity contribution >= 4 is 27.3 Å². The van der Waals surface area contributed by atoms with Crippen molar-refractivity contribution in [3.8, 4) is 27.7 Å². The molecule has 5 nitrogen and oxygen atoms in total. The molecule has 133 valence electrons. The maximum absolute atomic E-state index is 11.4. The molecule has 0 unspecified atom stereocenters. The fraction of sp³-hybridized carbons (Fsp3) is 0.0476. The van der Waals surface area contributed by atoms with Gasteiger partial charge in [0.05, 0.1) is 10.4 Å². The fourth-order valence-electron chi connectivity index (χ4n) is 2.85. The average Bonchev–Trinajstić information content (AvgIpc) is 3.12. The van der Waals surface area contributed by atoms with E-state index in [4.69, 9.17) is 10.5 Å². The van der Waals surface area contributed by atoms with Gasteiger partial charge in [-0.05, 0) is 55.0 Å². The molecule has 0 atom stereocenters. The Morgan fingerprint density at radius 3 is 2.41 bits per heavy atom. The number of benzene rings is 2. The van der Waals surface area contributed by atoms with E-state index in [1.807, 2.05) is 60.7 Å². The third-order valence-electron chi connectivity index (χ3n) is 4.15. The number of aryl methyl sites for hydroxylation is 1. The second-order valence-electron chi connectivity index (χ2n) is 6.02. The molecular weight excluding hydrogens is 360 g/mol. The predicted octanol–water partition coefficient (Wildman–Crippen LogP) is 5.19. The van der Waals surface area contributed by atoms with Gasteiger partial charge in [-0.25, -0.2) is 4.98 Å². The number of para-hydroxylation sites is 1. The molecule has 0 bridgehead atoms. The largest absolute Gasteiger partial charge is 0.505 e. The highest BCUT2D eigenvalue weighted by Crippen LogP contribution is 2.40. The van der Waals surface area contributed by atoms with Gasteiger partial charge >= 0.3 is 0 Å². The minimum Gasteiger partial charge on any atom is -0.505 e. The van der Waals surface area contributed by atoms with Crippen LogP contribution in [0.1, 0.15) is 16.2 Å². The number of nitrogens with one attached hydrogen (secondary N) is 1. The molecule has 2 N–H and O–H groups in total. The summed E-state index contributed by atoms with van der Waals surface area (Å²) in [6.07, 6.45) is 0. The lowest BCUT2D eigenvalue weighted by atomic mass is 10.1. The van der Waals surface area contributed by atoms with E-state index in [2.05, 4.69) is 4.98 Å². The van der Waals surface area contributed by atoms with Gasteiger partial charge in [-0.3, -0.25) is 10.5 Å². The number of rotatable bonds is 4. The fourth-order valence-corrected chi connectivity index (χ4v) is 3.96. The molecule has 2 aromatic carbocycles. The zero-order valence-electron chi connectivity index (χ0n) is 14.4. The Balaban J connectivity index is 1.69. The van der Waals surface area contributed by atoms with Gasteiger partial charge in [0.1, 0.15) is 11.5 Å². The SMILES string of the molecule is Cc1nc(C([NH])=O)c(O)c2cc(-c3ccc(Oc4ccccc4)cc3)sc12. The summed E-state index contributed by atoms with van der Waals surface area (Å²) in [6.45, 7) is 1.77. The molecule has 0 fully saturated rings. The number of aromatic nitrogens is 1. The summed E-state index contributed by atoms with van der Waals surface area (Å²) >= 11 is 1.49. The first-order chi connectivity index (χ1) is 13.0. The number of fused-ring (bicyclic) bond motifs is 1. The van der Waals surface area contributed by atoms with Crippen LogP contribution in [0.5, 0.6) is 17.2 Å². The number of carbonyl (C=O) groups is 1. The second kappa shape index (κ2) is 6.74. The summed E-state index contributed by atoms with van der Waals surface area (Å²) in [4.78, 5) is 16.4. The van der Waals surface area contributed by atoms with Crippen molar-refractivity contribution in [1.82, 2.24) is 10.7 Å². The van der Waals surface area contributed by atoms with Crippen LogP contribution in [0, 0.1) is 6.92 Å². The predicted molar refractivity (Wildman–Crippen MR) is 105 cm³/mol. The van der Waals surface area contributed by atoms with Crippen molar-refractivity contribution in [3.63, 3.8) is 0 Å². The number of nitrogens with zero attached hydrogens (tertiary/aromatic N) is 1. The van der Waals surface area contributed by atoms with Crippen molar-refractivity contribution < 1.29 is 14.6 Å². The molecule has 1 radical (unpaired) electrons. The lowest BCUT2D eigenvalue weighted by molar-refractivity contribution is 0.0984. The Morgan fingerprint density at radius 1 is 1.07 bits per heavy atom. The normalized spacial score (nSPS) is 10.9. The first kappa shape index (κ1) is 17.1. The first-order valence-electron chi connectivity index (χ1n) is 8.25. The highest BCUT2D eigenvalue weighted by molar-refractivity contribution is 7.22. The lowest BCUT2D eigenvalue weighted by Gasteiger charge is -2.05. The highest BCUT2D eigenvalue weighted by Gasteiger charge is 2.18. The lowest BCUT2D eigenvalue weighted by Crippen LogP contribution is -2.04. The molecule has 0 spiro atoms. The van der Waals surface area contributed by atoms with Gasteiger partial charge in [-0.1, -0.05) is 18.2 Å². The van der Waals surface area contributed by atoms with Crippen LogP contribution in [0.4, 0.5) is 0 Å². The van der Waals surface area contributed by atoms with Gasteiger partial charge in [0, 0.05) is 10.3 Å². The third-order valence-corrected chi connectivity index (χ3v) is 5.45. The highest BCUT2D eigenvalue weighted by atomic mass is 32.1. The molecule has 4 rings (SSSR count). The van der Waals surface area contributed by atoms with E-state index >= 15 is 0 Å². The molecule has 2 heterocycles. The zero-order chi connectivity index (χ0) is 19.0. The van der Waals surface area contributed by atoms with E-state index in [0.717, 1.165) is 26.6 Å². The maximum atomic E-state index is 11.4. The molecule has 0 saturated heterocycles. The Kier molecular flexibility index (Phi) is 4.25. The number of amides is 1. The Labute approximate surface area is 159 Å². The van der Waals surface area contributed by atoms with Gasteiger partial charge in [0.25, 0.3) is 5.91 Å². The molecule has 0 aliphatic rings. The van der Waals surface area contributed by atoms with Gasteiger partial charge in [-0.2, -0.15) is 0 Å². The molecule has 0 saturated carbocycles. The number of hydrogen-bond donors (Lipinski definition) is 1. The molecular formula is C21H15N2O3S. The van der Waals surface area contributed by atoms with Gasteiger partial charge in [0.2, 0.25) is 0 Å². The van der Waals surface area contributed by atoms with Crippen LogP contribution in [0.15, 0.2) is 60.7 Å². The number of hydrogen-bond acceptors (Lipinski definition) is 5. The zero-order valence-corrected chi connectivity index (χ0v) is 15.2. The van der Waals surface area contributed by atoms with Gasteiger partial charge < -0.3 is 9.84 Å². The Hall–Kier alpha value is -3.38. The smallest absolute Gasteiger partial charge is 0.292 e. The van der Waals surface area contributed by atoms with Crippen molar-refractivity contribution in [2.45, 2.75) is 6.92 Å². The van der Waals surface area contributed by atoms with E-state index in [1.165, 1.54) is 11.3 Å². The number of ether oxygens (including phenoxy) is 1. The third kappa shape index (κ3) is 3.22. The summed E-state index contributed by atoms with van der Waals surface area (Å²) in [5.41, 5.74) is 8.62. The van der Waals surface area contributed by atoms with Crippen LogP contribution in [0.2, 0.25) is 0 Å². The van der Waals surface area contributed by atoms with E-state index in [1.54, 1.807) is 6.92 Å². The van der Waals surface area contributed by atoms with Crippen LogP contribution >= 0.6 is 11.3 Å². The maximum Gasteiger partial charge on any atom is 0.292 e. The van der Waals surface area contributed by atoms with Crippen LogP contribution < -0.4 is 10.5 Å². The minimum absolute atomic E-state index is 0.212. The molecule has 0 aliphatic carbocycles. The number of thiophene rings is 1. The Bertz CT molecular complexity index is 1140. The van der Waals surface area contributed by atoms with E-state index in [0.29, 0.717) is 11.1 Å². The van der Waals surface area contributed by atoms with Gasteiger partial charge in [-0.15, -0.1) is 11.3 Å². The second-order valence-corrected chi connectivity index (χ2v) is 7.07. The molecule has 1 amide bonds. The number of aromatic hydroxyl groups is 1. The first-order valence-corrected chi connectivity index (χ1v) is 9.07. The summed E-state index contributed by atoms with van der Waals surface area (Å²) in [5, 5.41) is 10.8. The summed E-state index contributed by atoms with van der Waals surface area (Å²) in [5.74, 6) is 0.273. The molecule has 6 heteroatoms. The average molecular weight is 375 g/mol. The van der Waals surface area contributed by atoms with E-state index in [-0.39, 0.29) is 11.4 Å². The van der Waals surface area contributed by atoms with Crippen LogP contribution in [0.3, 0.4) is 0 Å². The van der Waals surface area contributed by atoms with E-state index in [9.17, 15) is 9.90 Å². The summed E-state index contributed by atoms with van der Waals surface area (Å²) in [6, 6.07) is 19.0. The van der Waals surface area contributed by atoms with E-state index < -0.39 is 5.91 Å². The summed E-state index contributed by atoms with van der Waals surface area (Å²) in [7, 11) is 0.